The van der Waals surface area contributed by atoms with Crippen molar-refractivity contribution in [3.05, 3.63) is 71.0 Å². The number of hydrogen-bond acceptors (Lipinski definition) is 0. The van der Waals surface area contributed by atoms with Gasteiger partial charge in [-0.3, -0.25) is 0 Å². The van der Waals surface area contributed by atoms with Gasteiger partial charge in [0.15, 0.2) is 0 Å². The molecule has 4 aromatic rings. The van der Waals surface area contributed by atoms with E-state index in [1.807, 2.05) is 0 Å². The molecule has 0 spiro atoms. The van der Waals surface area contributed by atoms with Gasteiger partial charge in [0.1, 0.15) is 0 Å². The molecule has 29 heavy (non-hydrogen) atoms. The van der Waals surface area contributed by atoms with E-state index in [-0.39, 0.29) is 0 Å². The number of aromatic nitrogens is 2. The van der Waals surface area contributed by atoms with Crippen molar-refractivity contribution in [1.29, 1.82) is 0 Å². The molecule has 0 fully saturated rings. The molecule has 0 amide bonds. The van der Waals surface area contributed by atoms with Gasteiger partial charge in [-0.1, -0.05) is 59.2 Å². The van der Waals surface area contributed by atoms with Crippen molar-refractivity contribution in [3.8, 4) is 0 Å². The molecule has 2 aromatic carbocycles. The van der Waals surface area contributed by atoms with Crippen LogP contribution in [0.1, 0.15) is 81.8 Å². The molecule has 4 rings (SSSR count). The first-order chi connectivity index (χ1) is 13.7. The molecule has 2 heterocycles. The number of hydrogen-bond donors (Lipinski definition) is 1. The third kappa shape index (κ3) is 4.58. The van der Waals surface area contributed by atoms with E-state index in [1.54, 1.807) is 0 Å². The average molecular weight is 389 g/mol. The molecular formula is C27H36N2. The van der Waals surface area contributed by atoms with Crippen LogP contribution in [0.4, 0.5) is 0 Å². The van der Waals surface area contributed by atoms with E-state index < -0.39 is 0 Å². The second-order valence-electron chi connectivity index (χ2n) is 9.23. The van der Waals surface area contributed by atoms with E-state index in [1.165, 1.54) is 44.3 Å². The predicted molar refractivity (Wildman–Crippen MR) is 128 cm³/mol. The Labute approximate surface area is 176 Å². The normalized spacial score (nSPS) is 11.7. The largest absolute Gasteiger partial charge is 0.358 e. The molecule has 2 nitrogen and oxygen atoms in total. The zero-order chi connectivity index (χ0) is 21.3. The van der Waals surface area contributed by atoms with E-state index in [4.69, 9.17) is 0 Å². The third-order valence-corrected chi connectivity index (χ3v) is 5.78. The lowest BCUT2D eigenvalue weighted by Gasteiger charge is -2.06. The summed E-state index contributed by atoms with van der Waals surface area (Å²) in [6.07, 6.45) is 0. The van der Waals surface area contributed by atoms with E-state index in [0.717, 1.165) is 0 Å². The van der Waals surface area contributed by atoms with E-state index >= 15 is 0 Å². The first-order valence-electron chi connectivity index (χ1n) is 10.9. The van der Waals surface area contributed by atoms with Crippen LogP contribution in [-0.2, 0) is 7.05 Å². The van der Waals surface area contributed by atoms with Gasteiger partial charge in [0.2, 0.25) is 0 Å². The molecule has 0 aliphatic carbocycles. The molecule has 0 atom stereocenters. The minimum atomic E-state index is 0.569. The number of nitrogens with one attached hydrogen (secondary N) is 1. The van der Waals surface area contributed by atoms with Gasteiger partial charge in [0, 0.05) is 34.9 Å². The summed E-state index contributed by atoms with van der Waals surface area (Å²) in [4.78, 5) is 3.46. The van der Waals surface area contributed by atoms with Gasteiger partial charge in [0.05, 0.1) is 0 Å². The molecule has 0 aliphatic rings. The summed E-state index contributed by atoms with van der Waals surface area (Å²) in [5.74, 6) is 1.76. The molecule has 0 radical (unpaired) electrons. The molecule has 0 bridgehead atoms. The second-order valence-corrected chi connectivity index (χ2v) is 9.23. The SMILES string of the molecule is CC(C)c1ccc2[nH]c(C(C)C)cc2c1.Cc1ccc2c(c1)cc(C(C)C)n2C. The Bertz CT molecular complexity index is 1100. The monoisotopic (exact) mass is 388 g/mol. The van der Waals surface area contributed by atoms with Gasteiger partial charge >= 0.3 is 0 Å². The van der Waals surface area contributed by atoms with Crippen LogP contribution in [0.3, 0.4) is 0 Å². The molecule has 2 aromatic heterocycles. The molecule has 0 aliphatic heterocycles. The fraction of sp³-hybridized carbons (Fsp3) is 0.407. The zero-order valence-electron chi connectivity index (χ0n) is 19.3. The van der Waals surface area contributed by atoms with Gasteiger partial charge in [-0.25, -0.2) is 0 Å². The topological polar surface area (TPSA) is 20.7 Å². The highest BCUT2D eigenvalue weighted by molar-refractivity contribution is 5.82. The molecule has 1 N–H and O–H groups in total. The van der Waals surface area contributed by atoms with Crippen molar-refractivity contribution >= 4 is 21.8 Å². The van der Waals surface area contributed by atoms with Crippen LogP contribution in [0.15, 0.2) is 48.5 Å². The van der Waals surface area contributed by atoms with Gasteiger partial charge in [0.25, 0.3) is 0 Å². The predicted octanol–water partition coefficient (Wildman–Crippen LogP) is 8.02. The number of H-pyrrole nitrogens is 1. The number of fused-ring (bicyclic) bond motifs is 2. The van der Waals surface area contributed by atoms with Crippen molar-refractivity contribution < 1.29 is 0 Å². The Morgan fingerprint density at radius 2 is 1.45 bits per heavy atom. The Hall–Kier alpha value is -2.48. The number of benzene rings is 2. The lowest BCUT2D eigenvalue weighted by molar-refractivity contribution is 0.755. The Morgan fingerprint density at radius 1 is 0.724 bits per heavy atom. The number of rotatable bonds is 3. The highest BCUT2D eigenvalue weighted by Crippen LogP contribution is 2.25. The first-order valence-corrected chi connectivity index (χ1v) is 10.9. The van der Waals surface area contributed by atoms with Crippen LogP contribution in [0.25, 0.3) is 21.8 Å². The average Bonchev–Trinajstić information content (AvgIpc) is 3.23. The number of nitrogens with zero attached hydrogens (tertiary/aromatic N) is 1. The van der Waals surface area contributed by atoms with Crippen molar-refractivity contribution in [2.24, 2.45) is 7.05 Å². The maximum atomic E-state index is 3.46. The molecule has 154 valence electrons. The van der Waals surface area contributed by atoms with E-state index in [9.17, 15) is 0 Å². The standard InChI is InChI=1S/C14H19N.C13H17N/c1-9(2)11-5-6-13-12(7-11)8-14(15-13)10(3)4;1-9(2)13-8-11-7-10(3)5-6-12(11)14(13)4/h5-10,15H,1-4H3;5-9H,1-4H3. The van der Waals surface area contributed by atoms with Crippen LogP contribution < -0.4 is 0 Å². The summed E-state index contributed by atoms with van der Waals surface area (Å²) in [7, 11) is 2.15. The summed E-state index contributed by atoms with van der Waals surface area (Å²) in [5, 5.41) is 2.70. The maximum Gasteiger partial charge on any atom is 0.0480 e. The lowest BCUT2D eigenvalue weighted by atomic mass is 10.0. The van der Waals surface area contributed by atoms with Gasteiger partial charge in [-0.15, -0.1) is 0 Å². The van der Waals surface area contributed by atoms with Gasteiger partial charge in [-0.05, 0) is 72.0 Å². The fourth-order valence-electron chi connectivity index (χ4n) is 3.89. The molecular weight excluding hydrogens is 352 g/mol. The lowest BCUT2D eigenvalue weighted by Crippen LogP contribution is -1.97. The molecule has 0 saturated heterocycles. The highest BCUT2D eigenvalue weighted by atomic mass is 14.9. The van der Waals surface area contributed by atoms with Crippen molar-refractivity contribution in [2.75, 3.05) is 0 Å². The Morgan fingerprint density at radius 3 is 2.07 bits per heavy atom. The molecule has 0 saturated carbocycles. The Balaban J connectivity index is 0.000000166. The molecule has 2 heteroatoms. The first kappa shape index (κ1) is 21.2. The highest BCUT2D eigenvalue weighted by Gasteiger charge is 2.08. The van der Waals surface area contributed by atoms with E-state index in [0.29, 0.717) is 17.8 Å². The molecule has 0 unspecified atom stereocenters. The van der Waals surface area contributed by atoms with Crippen LogP contribution in [0, 0.1) is 6.92 Å². The van der Waals surface area contributed by atoms with Crippen LogP contribution in [-0.4, -0.2) is 9.55 Å². The smallest absolute Gasteiger partial charge is 0.0480 e. The zero-order valence-corrected chi connectivity index (χ0v) is 19.3. The summed E-state index contributed by atoms with van der Waals surface area (Å²) >= 11 is 0. The summed E-state index contributed by atoms with van der Waals surface area (Å²) in [6, 6.07) is 17.9. The number of aryl methyl sites for hydroxylation is 2. The minimum absolute atomic E-state index is 0.569. The maximum absolute atomic E-state index is 3.46. The van der Waals surface area contributed by atoms with Crippen LogP contribution in [0.5, 0.6) is 0 Å². The minimum Gasteiger partial charge on any atom is -0.358 e. The summed E-state index contributed by atoms with van der Waals surface area (Å²) in [5.41, 5.74) is 8.06. The number of aromatic amines is 1. The van der Waals surface area contributed by atoms with Crippen molar-refractivity contribution in [3.63, 3.8) is 0 Å². The van der Waals surface area contributed by atoms with Gasteiger partial charge in [-0.2, -0.15) is 0 Å². The summed E-state index contributed by atoms with van der Waals surface area (Å²) < 4.78 is 2.29. The van der Waals surface area contributed by atoms with E-state index in [2.05, 4.69) is 114 Å². The quantitative estimate of drug-likeness (QED) is 0.367. The Kier molecular flexibility index (Phi) is 6.21. The van der Waals surface area contributed by atoms with Crippen LogP contribution in [0.2, 0.25) is 0 Å². The second kappa shape index (κ2) is 8.49. The van der Waals surface area contributed by atoms with Gasteiger partial charge < -0.3 is 9.55 Å². The van der Waals surface area contributed by atoms with Crippen LogP contribution >= 0.6 is 0 Å². The van der Waals surface area contributed by atoms with Crippen molar-refractivity contribution in [1.82, 2.24) is 9.55 Å². The fourth-order valence-corrected chi connectivity index (χ4v) is 3.89. The third-order valence-electron chi connectivity index (χ3n) is 5.78. The summed E-state index contributed by atoms with van der Waals surface area (Å²) in [6.45, 7) is 15.5. The van der Waals surface area contributed by atoms with Crippen molar-refractivity contribution in [2.45, 2.75) is 66.2 Å².